The number of allylic oxidation sites excluding steroid dienone is 3. The van der Waals surface area contributed by atoms with Gasteiger partial charge in [-0.1, -0.05) is 44.4 Å². The Bertz CT molecular complexity index is 192. The Balaban J connectivity index is 3.23. The predicted molar refractivity (Wildman–Crippen MR) is 59.3 cm³/mol. The number of unbranched alkanes of at least 4 members (excludes halogenated alkanes) is 4. The molecule has 0 amide bonds. The van der Waals surface area contributed by atoms with Gasteiger partial charge in [0.1, 0.15) is 0 Å². The lowest BCUT2D eigenvalue weighted by molar-refractivity contribution is -0.131. The van der Waals surface area contributed by atoms with Crippen LogP contribution >= 0.6 is 0 Å². The highest BCUT2D eigenvalue weighted by Gasteiger charge is 1.84. The van der Waals surface area contributed by atoms with Crippen LogP contribution in [0.4, 0.5) is 0 Å². The first-order valence-electron chi connectivity index (χ1n) is 5.31. The normalized spacial score (nSPS) is 11.5. The Labute approximate surface area is 86.3 Å². The maximum atomic E-state index is 10.1. The Morgan fingerprint density at radius 2 is 1.93 bits per heavy atom. The highest BCUT2D eigenvalue weighted by atomic mass is 16.4. The van der Waals surface area contributed by atoms with Gasteiger partial charge in [-0.25, -0.2) is 4.79 Å². The molecule has 0 aromatic carbocycles. The molecule has 0 rings (SSSR count). The fourth-order valence-corrected chi connectivity index (χ4v) is 1.15. The third kappa shape index (κ3) is 11.0. The Hall–Kier alpha value is -1.05. The molecule has 14 heavy (non-hydrogen) atoms. The lowest BCUT2D eigenvalue weighted by atomic mass is 10.1. The molecule has 1 N–H and O–H groups in total. The van der Waals surface area contributed by atoms with E-state index in [1.54, 1.807) is 6.08 Å². The quantitative estimate of drug-likeness (QED) is 0.366. The van der Waals surface area contributed by atoms with Crippen LogP contribution in [0.3, 0.4) is 0 Å². The highest BCUT2D eigenvalue weighted by molar-refractivity contribution is 5.79. The van der Waals surface area contributed by atoms with Crippen LogP contribution in [0.25, 0.3) is 0 Å². The van der Waals surface area contributed by atoms with E-state index in [4.69, 9.17) is 5.11 Å². The molecule has 0 aromatic heterocycles. The summed E-state index contributed by atoms with van der Waals surface area (Å²) in [5, 5.41) is 8.30. The zero-order valence-corrected chi connectivity index (χ0v) is 8.91. The molecule has 0 aliphatic heterocycles. The fourth-order valence-electron chi connectivity index (χ4n) is 1.15. The van der Waals surface area contributed by atoms with E-state index >= 15 is 0 Å². The number of hydrogen-bond acceptors (Lipinski definition) is 1. The number of rotatable bonds is 8. The molecular weight excluding hydrogens is 176 g/mol. The summed E-state index contributed by atoms with van der Waals surface area (Å²) in [6, 6.07) is 0. The first kappa shape index (κ1) is 12.9. The fraction of sp³-hybridized carbons (Fsp3) is 0.583. The van der Waals surface area contributed by atoms with Gasteiger partial charge < -0.3 is 5.11 Å². The van der Waals surface area contributed by atoms with Gasteiger partial charge in [-0.2, -0.15) is 0 Å². The molecule has 2 heteroatoms. The SMILES string of the molecule is CCCCCC/C=C\C/C=C\C(=O)O. The van der Waals surface area contributed by atoms with Crippen molar-refractivity contribution in [3.63, 3.8) is 0 Å². The molecule has 0 radical (unpaired) electrons. The zero-order chi connectivity index (χ0) is 10.6. The molecular formula is C12H20O2. The van der Waals surface area contributed by atoms with Crippen LogP contribution < -0.4 is 0 Å². The summed E-state index contributed by atoms with van der Waals surface area (Å²) < 4.78 is 0. The minimum atomic E-state index is -0.874. The molecule has 80 valence electrons. The molecule has 0 saturated carbocycles. The molecule has 0 aliphatic rings. The number of carbonyl (C=O) groups is 1. The first-order chi connectivity index (χ1) is 6.77. The van der Waals surface area contributed by atoms with Crippen molar-refractivity contribution < 1.29 is 9.90 Å². The zero-order valence-electron chi connectivity index (χ0n) is 8.91. The summed E-state index contributed by atoms with van der Waals surface area (Å²) >= 11 is 0. The molecule has 0 unspecified atom stereocenters. The summed E-state index contributed by atoms with van der Waals surface area (Å²) in [6.07, 6.45) is 13.9. The van der Waals surface area contributed by atoms with Crippen LogP contribution in [0.15, 0.2) is 24.3 Å². The van der Waals surface area contributed by atoms with Crippen molar-refractivity contribution >= 4 is 5.97 Å². The summed E-state index contributed by atoms with van der Waals surface area (Å²) in [6.45, 7) is 2.20. The Morgan fingerprint density at radius 1 is 1.14 bits per heavy atom. The van der Waals surface area contributed by atoms with Gasteiger partial charge in [0.05, 0.1) is 0 Å². The molecule has 0 fully saturated rings. The maximum Gasteiger partial charge on any atom is 0.327 e. The molecule has 0 heterocycles. The number of hydrogen-bond donors (Lipinski definition) is 1. The van der Waals surface area contributed by atoms with Gasteiger partial charge in [0.25, 0.3) is 0 Å². The van der Waals surface area contributed by atoms with Gasteiger partial charge in [-0.15, -0.1) is 0 Å². The van der Waals surface area contributed by atoms with E-state index in [0.29, 0.717) is 0 Å². The second-order valence-electron chi connectivity index (χ2n) is 3.30. The van der Waals surface area contributed by atoms with Crippen molar-refractivity contribution in [1.82, 2.24) is 0 Å². The van der Waals surface area contributed by atoms with Crippen molar-refractivity contribution in [3.8, 4) is 0 Å². The topological polar surface area (TPSA) is 37.3 Å². The van der Waals surface area contributed by atoms with Gasteiger partial charge in [0.2, 0.25) is 0 Å². The molecule has 0 saturated heterocycles. The lowest BCUT2D eigenvalue weighted by Gasteiger charge is -1.93. The van der Waals surface area contributed by atoms with Gasteiger partial charge in [-0.05, 0) is 19.3 Å². The molecule has 0 bridgehead atoms. The van der Waals surface area contributed by atoms with Gasteiger partial charge in [0, 0.05) is 6.08 Å². The van der Waals surface area contributed by atoms with Crippen LogP contribution in [0.5, 0.6) is 0 Å². The molecule has 0 aromatic rings. The Morgan fingerprint density at radius 3 is 2.57 bits per heavy atom. The van der Waals surface area contributed by atoms with Crippen molar-refractivity contribution in [2.75, 3.05) is 0 Å². The second-order valence-corrected chi connectivity index (χ2v) is 3.30. The van der Waals surface area contributed by atoms with Crippen LogP contribution in [-0.4, -0.2) is 11.1 Å². The first-order valence-corrected chi connectivity index (χ1v) is 5.31. The van der Waals surface area contributed by atoms with Crippen LogP contribution in [0.1, 0.15) is 45.4 Å². The number of carboxylic acids is 1. The number of aliphatic carboxylic acids is 1. The molecule has 0 spiro atoms. The molecule has 0 atom stereocenters. The van der Waals surface area contributed by atoms with Crippen molar-refractivity contribution in [2.24, 2.45) is 0 Å². The highest BCUT2D eigenvalue weighted by Crippen LogP contribution is 2.03. The largest absolute Gasteiger partial charge is 0.478 e. The average Bonchev–Trinajstić information content (AvgIpc) is 2.15. The standard InChI is InChI=1S/C12H20O2/c1-2-3-4-5-6-7-8-9-10-11-12(13)14/h7-8,10-11H,2-6,9H2,1H3,(H,13,14)/b8-7-,11-10-. The van der Waals surface area contributed by atoms with Crippen molar-refractivity contribution in [3.05, 3.63) is 24.3 Å². The van der Waals surface area contributed by atoms with E-state index in [2.05, 4.69) is 13.0 Å². The summed E-state index contributed by atoms with van der Waals surface area (Å²) in [7, 11) is 0. The number of carboxylic acid groups (broad SMARTS) is 1. The van der Waals surface area contributed by atoms with E-state index in [0.717, 1.165) is 12.8 Å². The van der Waals surface area contributed by atoms with E-state index in [1.807, 2.05) is 6.08 Å². The van der Waals surface area contributed by atoms with Gasteiger partial charge >= 0.3 is 5.97 Å². The van der Waals surface area contributed by atoms with Crippen LogP contribution in [-0.2, 0) is 4.79 Å². The predicted octanol–water partition coefficient (Wildman–Crippen LogP) is 3.54. The maximum absolute atomic E-state index is 10.1. The molecule has 0 aliphatic carbocycles. The third-order valence-corrected chi connectivity index (χ3v) is 1.92. The minimum absolute atomic E-state index is 0.722. The smallest absolute Gasteiger partial charge is 0.327 e. The monoisotopic (exact) mass is 196 g/mol. The lowest BCUT2D eigenvalue weighted by Crippen LogP contribution is -1.84. The summed E-state index contributed by atoms with van der Waals surface area (Å²) in [5.74, 6) is -0.874. The molecule has 2 nitrogen and oxygen atoms in total. The van der Waals surface area contributed by atoms with E-state index in [9.17, 15) is 4.79 Å². The minimum Gasteiger partial charge on any atom is -0.478 e. The van der Waals surface area contributed by atoms with E-state index < -0.39 is 5.97 Å². The third-order valence-electron chi connectivity index (χ3n) is 1.92. The van der Waals surface area contributed by atoms with Gasteiger partial charge in [0.15, 0.2) is 0 Å². The van der Waals surface area contributed by atoms with Gasteiger partial charge in [-0.3, -0.25) is 0 Å². The van der Waals surface area contributed by atoms with Crippen molar-refractivity contribution in [1.29, 1.82) is 0 Å². The summed E-state index contributed by atoms with van der Waals surface area (Å²) in [5.41, 5.74) is 0. The van der Waals surface area contributed by atoms with Crippen LogP contribution in [0.2, 0.25) is 0 Å². The van der Waals surface area contributed by atoms with Crippen molar-refractivity contribution in [2.45, 2.75) is 45.4 Å². The van der Waals surface area contributed by atoms with E-state index in [-0.39, 0.29) is 0 Å². The summed E-state index contributed by atoms with van der Waals surface area (Å²) in [4.78, 5) is 10.1. The second kappa shape index (κ2) is 10.0. The van der Waals surface area contributed by atoms with Crippen LogP contribution in [0, 0.1) is 0 Å². The average molecular weight is 196 g/mol. The van der Waals surface area contributed by atoms with E-state index in [1.165, 1.54) is 31.8 Å². The Kier molecular flexibility index (Phi) is 9.28.